The van der Waals surface area contributed by atoms with Crippen LogP contribution in [0, 0.1) is 5.92 Å². The zero-order valence-corrected chi connectivity index (χ0v) is 13.5. The molecule has 2 unspecified atom stereocenters. The fourth-order valence-corrected chi connectivity index (χ4v) is 3.19. The van der Waals surface area contributed by atoms with Crippen molar-refractivity contribution in [1.29, 1.82) is 0 Å². The molecule has 0 radical (unpaired) electrons. The number of nitrogens with two attached hydrogens (primary N) is 1. The fraction of sp³-hybridized carbons (Fsp3) is 0.462. The molecule has 3 N–H and O–H groups in total. The Kier molecular flexibility index (Phi) is 6.60. The van der Waals surface area contributed by atoms with E-state index in [-0.39, 0.29) is 24.4 Å². The Hall–Kier alpha value is -0.290. The van der Waals surface area contributed by atoms with E-state index in [0.717, 1.165) is 23.7 Å². The van der Waals surface area contributed by atoms with E-state index in [2.05, 4.69) is 21.2 Å². The molecular formula is C13H17BrCl2N2O. The lowest BCUT2D eigenvalue weighted by molar-refractivity contribution is 0.0929. The van der Waals surface area contributed by atoms with Crippen LogP contribution in [0.4, 0.5) is 0 Å². The Morgan fingerprint density at radius 1 is 1.47 bits per heavy atom. The van der Waals surface area contributed by atoms with Gasteiger partial charge in [0.1, 0.15) is 0 Å². The molecule has 3 nitrogen and oxygen atoms in total. The van der Waals surface area contributed by atoms with Crippen LogP contribution in [-0.4, -0.2) is 18.5 Å². The van der Waals surface area contributed by atoms with Gasteiger partial charge in [-0.05, 0) is 43.5 Å². The van der Waals surface area contributed by atoms with Gasteiger partial charge in [0.05, 0.1) is 10.6 Å². The van der Waals surface area contributed by atoms with Crippen molar-refractivity contribution in [2.45, 2.75) is 25.3 Å². The van der Waals surface area contributed by atoms with Crippen LogP contribution in [0.25, 0.3) is 0 Å². The summed E-state index contributed by atoms with van der Waals surface area (Å²) >= 11 is 9.39. The number of halogens is 3. The number of carbonyl (C=O) groups is 1. The van der Waals surface area contributed by atoms with Crippen molar-refractivity contribution in [2.75, 3.05) is 6.54 Å². The van der Waals surface area contributed by atoms with E-state index in [0.29, 0.717) is 23.0 Å². The maximum absolute atomic E-state index is 12.1. The number of amides is 1. The van der Waals surface area contributed by atoms with E-state index in [1.54, 1.807) is 12.1 Å². The summed E-state index contributed by atoms with van der Waals surface area (Å²) in [5.41, 5.74) is 6.22. The van der Waals surface area contributed by atoms with Crippen LogP contribution in [-0.2, 0) is 0 Å². The fourth-order valence-electron chi connectivity index (χ4n) is 2.43. The molecule has 19 heavy (non-hydrogen) atoms. The highest BCUT2D eigenvalue weighted by Crippen LogP contribution is 2.26. The number of carbonyl (C=O) groups excluding carboxylic acids is 1. The molecule has 1 saturated carbocycles. The zero-order chi connectivity index (χ0) is 13.1. The van der Waals surface area contributed by atoms with Crippen molar-refractivity contribution in [1.82, 2.24) is 5.32 Å². The molecule has 0 saturated heterocycles. The van der Waals surface area contributed by atoms with Gasteiger partial charge < -0.3 is 11.1 Å². The monoisotopic (exact) mass is 366 g/mol. The van der Waals surface area contributed by atoms with Gasteiger partial charge >= 0.3 is 0 Å². The summed E-state index contributed by atoms with van der Waals surface area (Å²) < 4.78 is 0.866. The van der Waals surface area contributed by atoms with Crippen LogP contribution < -0.4 is 11.1 Å². The van der Waals surface area contributed by atoms with Crippen molar-refractivity contribution >= 4 is 45.8 Å². The molecule has 6 heteroatoms. The lowest BCUT2D eigenvalue weighted by Gasteiger charge is -2.19. The van der Waals surface area contributed by atoms with E-state index in [4.69, 9.17) is 17.3 Å². The van der Waals surface area contributed by atoms with Gasteiger partial charge in [0, 0.05) is 10.5 Å². The topological polar surface area (TPSA) is 55.1 Å². The van der Waals surface area contributed by atoms with Gasteiger partial charge in [-0.2, -0.15) is 0 Å². The van der Waals surface area contributed by atoms with E-state index in [9.17, 15) is 4.79 Å². The molecule has 0 heterocycles. The van der Waals surface area contributed by atoms with Crippen LogP contribution in [0.5, 0.6) is 0 Å². The molecule has 1 aliphatic rings. The molecule has 2 atom stereocenters. The molecule has 106 valence electrons. The first-order valence-electron chi connectivity index (χ1n) is 6.08. The minimum Gasteiger partial charge on any atom is -0.349 e. The Balaban J connectivity index is 0.00000180. The maximum atomic E-state index is 12.1. The summed E-state index contributed by atoms with van der Waals surface area (Å²) in [6.07, 6.45) is 3.22. The van der Waals surface area contributed by atoms with Crippen LogP contribution in [0.3, 0.4) is 0 Å². The van der Waals surface area contributed by atoms with Gasteiger partial charge in [-0.15, -0.1) is 12.4 Å². The second-order valence-electron chi connectivity index (χ2n) is 4.63. The molecule has 1 aromatic carbocycles. The Bertz CT molecular complexity index is 456. The van der Waals surface area contributed by atoms with Crippen molar-refractivity contribution in [3.05, 3.63) is 33.3 Å². The van der Waals surface area contributed by atoms with E-state index >= 15 is 0 Å². The number of rotatable bonds is 3. The largest absolute Gasteiger partial charge is 0.349 e. The molecule has 1 aromatic rings. The highest BCUT2D eigenvalue weighted by atomic mass is 79.9. The summed E-state index contributed by atoms with van der Waals surface area (Å²) in [5.74, 6) is 0.279. The van der Waals surface area contributed by atoms with E-state index in [1.165, 1.54) is 0 Å². The van der Waals surface area contributed by atoms with Gasteiger partial charge in [-0.1, -0.05) is 34.0 Å². The van der Waals surface area contributed by atoms with Gasteiger partial charge in [0.25, 0.3) is 5.91 Å². The smallest absolute Gasteiger partial charge is 0.253 e. The van der Waals surface area contributed by atoms with Crippen molar-refractivity contribution in [3.8, 4) is 0 Å². The molecule has 1 fully saturated rings. The predicted molar refractivity (Wildman–Crippen MR) is 84.0 cm³/mol. The minimum atomic E-state index is -0.113. The Morgan fingerprint density at radius 2 is 2.21 bits per heavy atom. The molecule has 1 aliphatic carbocycles. The second kappa shape index (κ2) is 7.48. The third kappa shape index (κ3) is 4.09. The quantitative estimate of drug-likeness (QED) is 0.860. The van der Waals surface area contributed by atoms with Crippen molar-refractivity contribution in [2.24, 2.45) is 11.7 Å². The molecule has 0 aromatic heterocycles. The number of nitrogens with one attached hydrogen (secondary N) is 1. The molecule has 0 bridgehead atoms. The first kappa shape index (κ1) is 16.8. The highest BCUT2D eigenvalue weighted by molar-refractivity contribution is 9.10. The Labute approximate surface area is 132 Å². The predicted octanol–water partition coefficient (Wildman–Crippen LogP) is 3.38. The van der Waals surface area contributed by atoms with Crippen LogP contribution in [0.2, 0.25) is 5.02 Å². The molecule has 1 amide bonds. The normalized spacial score (nSPS) is 21.8. The van der Waals surface area contributed by atoms with E-state index < -0.39 is 0 Å². The van der Waals surface area contributed by atoms with Gasteiger partial charge in [0.2, 0.25) is 0 Å². The third-order valence-electron chi connectivity index (χ3n) is 3.45. The lowest BCUT2D eigenvalue weighted by Crippen LogP contribution is -2.39. The summed E-state index contributed by atoms with van der Waals surface area (Å²) in [6, 6.07) is 5.46. The third-order valence-corrected chi connectivity index (χ3v) is 4.26. The standard InChI is InChI=1S/C13H16BrClN2O.ClH/c14-9-4-5-10(11(15)6-9)13(18)17-12-3-1-2-8(12)7-16;/h4-6,8,12H,1-3,7,16H2,(H,17,18);1H. The molecule has 2 rings (SSSR count). The maximum Gasteiger partial charge on any atom is 0.253 e. The number of benzene rings is 1. The first-order chi connectivity index (χ1) is 8.61. The van der Waals surface area contributed by atoms with Crippen molar-refractivity contribution < 1.29 is 4.79 Å². The van der Waals surface area contributed by atoms with Gasteiger partial charge in [0.15, 0.2) is 0 Å². The summed E-state index contributed by atoms with van der Waals surface area (Å²) in [7, 11) is 0. The SMILES string of the molecule is Cl.NCC1CCCC1NC(=O)c1ccc(Br)cc1Cl. The average Bonchev–Trinajstić information content (AvgIpc) is 2.76. The second-order valence-corrected chi connectivity index (χ2v) is 5.95. The van der Waals surface area contributed by atoms with Gasteiger partial charge in [-0.25, -0.2) is 0 Å². The lowest BCUT2D eigenvalue weighted by atomic mass is 10.0. The van der Waals surface area contributed by atoms with Crippen molar-refractivity contribution in [3.63, 3.8) is 0 Å². The van der Waals surface area contributed by atoms with Gasteiger partial charge in [-0.3, -0.25) is 4.79 Å². The number of hydrogen-bond donors (Lipinski definition) is 2. The molecule has 0 spiro atoms. The molecule has 0 aliphatic heterocycles. The Morgan fingerprint density at radius 3 is 2.84 bits per heavy atom. The molecular weight excluding hydrogens is 351 g/mol. The average molecular weight is 368 g/mol. The zero-order valence-electron chi connectivity index (χ0n) is 10.4. The van der Waals surface area contributed by atoms with Crippen LogP contribution in [0.15, 0.2) is 22.7 Å². The minimum absolute atomic E-state index is 0. The van der Waals surface area contributed by atoms with Crippen LogP contribution in [0.1, 0.15) is 29.6 Å². The first-order valence-corrected chi connectivity index (χ1v) is 7.25. The highest BCUT2D eigenvalue weighted by Gasteiger charge is 2.28. The summed E-state index contributed by atoms with van der Waals surface area (Å²) in [6.45, 7) is 0.624. The summed E-state index contributed by atoms with van der Waals surface area (Å²) in [4.78, 5) is 12.1. The van der Waals surface area contributed by atoms with Crippen LogP contribution >= 0.6 is 39.9 Å². The summed E-state index contributed by atoms with van der Waals surface area (Å²) in [5, 5.41) is 3.50. The number of hydrogen-bond acceptors (Lipinski definition) is 2. The van der Waals surface area contributed by atoms with E-state index in [1.807, 2.05) is 6.07 Å².